The van der Waals surface area contributed by atoms with Crippen LogP contribution in [0.1, 0.15) is 41.1 Å². The minimum absolute atomic E-state index is 0.126. The lowest BCUT2D eigenvalue weighted by Crippen LogP contribution is -2.09. The maximum atomic E-state index is 13.4. The largest absolute Gasteiger partial charge is 0.298 e. The molecule has 1 saturated carbocycles. The molecular weight excluding hydrogens is 239 g/mol. The number of hydrogen-bond donors (Lipinski definition) is 0. The second-order valence-corrected chi connectivity index (χ2v) is 5.07. The molecule has 1 nitrogen and oxygen atoms in total. The van der Waals surface area contributed by atoms with Crippen LogP contribution in [0.15, 0.2) is 42.5 Å². The zero-order valence-corrected chi connectivity index (χ0v) is 10.6. The number of benzene rings is 2. The first-order chi connectivity index (χ1) is 9.29. The fraction of sp³-hybridized carbons (Fsp3) is 0.235. The van der Waals surface area contributed by atoms with Crippen LogP contribution in [-0.2, 0) is 0 Å². The molecule has 3 rings (SSSR count). The molecule has 1 fully saturated rings. The van der Waals surface area contributed by atoms with Crippen molar-refractivity contribution in [2.24, 2.45) is 0 Å². The lowest BCUT2D eigenvalue weighted by Gasteiger charge is -2.28. The zero-order valence-electron chi connectivity index (χ0n) is 10.6. The molecule has 1 aliphatic carbocycles. The summed E-state index contributed by atoms with van der Waals surface area (Å²) in [7, 11) is 0. The molecule has 1 aliphatic rings. The van der Waals surface area contributed by atoms with Crippen LogP contribution >= 0.6 is 0 Å². The first kappa shape index (κ1) is 12.1. The van der Waals surface area contributed by atoms with Crippen molar-refractivity contribution in [2.45, 2.75) is 25.2 Å². The number of halogens is 1. The monoisotopic (exact) mass is 254 g/mol. The summed E-state index contributed by atoms with van der Waals surface area (Å²) < 4.78 is 13.4. The summed E-state index contributed by atoms with van der Waals surface area (Å²) in [4.78, 5) is 10.9. The molecule has 2 aromatic rings. The van der Waals surface area contributed by atoms with Gasteiger partial charge in [-0.25, -0.2) is 4.39 Å². The summed E-state index contributed by atoms with van der Waals surface area (Å²) in [6, 6.07) is 13.0. The number of carbonyl (C=O) groups excluding carboxylic acids is 1. The van der Waals surface area contributed by atoms with E-state index in [1.807, 2.05) is 12.1 Å². The van der Waals surface area contributed by atoms with Gasteiger partial charge in [0.2, 0.25) is 0 Å². The van der Waals surface area contributed by atoms with Gasteiger partial charge in [-0.3, -0.25) is 4.79 Å². The highest BCUT2D eigenvalue weighted by molar-refractivity contribution is 5.80. The Kier molecular flexibility index (Phi) is 3.16. The molecule has 0 atom stereocenters. The molecule has 0 aromatic heterocycles. The topological polar surface area (TPSA) is 17.1 Å². The van der Waals surface area contributed by atoms with Crippen LogP contribution in [0.4, 0.5) is 4.39 Å². The molecule has 0 N–H and O–H groups in total. The maximum Gasteiger partial charge on any atom is 0.153 e. The van der Waals surface area contributed by atoms with Crippen molar-refractivity contribution >= 4 is 6.29 Å². The summed E-state index contributed by atoms with van der Waals surface area (Å²) in [6.07, 6.45) is 4.30. The fourth-order valence-corrected chi connectivity index (χ4v) is 2.64. The van der Waals surface area contributed by atoms with Crippen molar-refractivity contribution in [1.82, 2.24) is 0 Å². The number of hydrogen-bond acceptors (Lipinski definition) is 1. The van der Waals surface area contributed by atoms with Crippen LogP contribution in [0.5, 0.6) is 0 Å². The van der Waals surface area contributed by atoms with E-state index in [1.165, 1.54) is 30.9 Å². The van der Waals surface area contributed by atoms with Crippen molar-refractivity contribution in [1.29, 1.82) is 0 Å². The molecule has 0 amide bonds. The minimum atomic E-state index is -0.458. The molecule has 0 radical (unpaired) electrons. The predicted octanol–water partition coefficient (Wildman–Crippen LogP) is 4.57. The first-order valence-corrected chi connectivity index (χ1v) is 6.63. The van der Waals surface area contributed by atoms with Crippen molar-refractivity contribution in [3.8, 4) is 11.1 Å². The maximum absolute atomic E-state index is 13.4. The van der Waals surface area contributed by atoms with Crippen molar-refractivity contribution < 1.29 is 9.18 Å². The predicted molar refractivity (Wildman–Crippen MR) is 73.8 cm³/mol. The second kappa shape index (κ2) is 4.96. The molecule has 0 bridgehead atoms. The van der Waals surface area contributed by atoms with Gasteiger partial charge in [0, 0.05) is 0 Å². The van der Waals surface area contributed by atoms with Gasteiger partial charge in [0.25, 0.3) is 0 Å². The average molecular weight is 254 g/mol. The average Bonchev–Trinajstić information content (AvgIpc) is 2.38. The Hall–Kier alpha value is -1.96. The third kappa shape index (κ3) is 2.19. The van der Waals surface area contributed by atoms with Crippen LogP contribution < -0.4 is 0 Å². The van der Waals surface area contributed by atoms with E-state index >= 15 is 0 Å². The van der Waals surface area contributed by atoms with E-state index in [0.29, 0.717) is 12.2 Å². The summed E-state index contributed by atoms with van der Waals surface area (Å²) in [5, 5.41) is 0. The quantitative estimate of drug-likeness (QED) is 0.733. The third-order valence-electron chi connectivity index (χ3n) is 3.94. The second-order valence-electron chi connectivity index (χ2n) is 5.07. The molecule has 0 heterocycles. The highest BCUT2D eigenvalue weighted by Crippen LogP contribution is 2.41. The number of aldehydes is 1. The molecule has 0 spiro atoms. The Morgan fingerprint density at radius 1 is 1.11 bits per heavy atom. The Bertz CT molecular complexity index is 614. The van der Waals surface area contributed by atoms with Crippen LogP contribution in [0.3, 0.4) is 0 Å². The molecule has 2 heteroatoms. The van der Waals surface area contributed by atoms with Crippen LogP contribution in [0.2, 0.25) is 0 Å². The van der Waals surface area contributed by atoms with Gasteiger partial charge in [0.05, 0.1) is 5.56 Å². The van der Waals surface area contributed by atoms with E-state index in [1.54, 1.807) is 12.1 Å². The van der Waals surface area contributed by atoms with Gasteiger partial charge in [-0.1, -0.05) is 36.8 Å². The Morgan fingerprint density at radius 3 is 2.58 bits per heavy atom. The van der Waals surface area contributed by atoms with Crippen molar-refractivity contribution in [3.63, 3.8) is 0 Å². The SMILES string of the molecule is O=Cc1cc(-c2ccccc2C2CCC2)ccc1F. The van der Waals surface area contributed by atoms with E-state index in [-0.39, 0.29) is 5.56 Å². The summed E-state index contributed by atoms with van der Waals surface area (Å²) in [5.41, 5.74) is 3.49. The molecule has 96 valence electrons. The van der Waals surface area contributed by atoms with Crippen LogP contribution in [-0.4, -0.2) is 6.29 Å². The molecular formula is C17H15FO. The summed E-state index contributed by atoms with van der Waals surface area (Å²) >= 11 is 0. The molecule has 0 aliphatic heterocycles. The Labute approximate surface area is 112 Å². The van der Waals surface area contributed by atoms with E-state index < -0.39 is 5.82 Å². The zero-order chi connectivity index (χ0) is 13.2. The number of rotatable bonds is 3. The third-order valence-corrected chi connectivity index (χ3v) is 3.94. The van der Waals surface area contributed by atoms with Crippen molar-refractivity contribution in [2.75, 3.05) is 0 Å². The fourth-order valence-electron chi connectivity index (χ4n) is 2.64. The van der Waals surface area contributed by atoms with Gasteiger partial charge < -0.3 is 0 Å². The highest BCUT2D eigenvalue weighted by Gasteiger charge is 2.22. The standard InChI is InChI=1S/C17H15FO/c18-17-9-8-13(10-14(17)11-19)16-7-2-1-6-15(16)12-4-3-5-12/h1-2,6-12H,3-5H2. The number of carbonyl (C=O) groups is 1. The van der Waals surface area contributed by atoms with Gasteiger partial charge >= 0.3 is 0 Å². The van der Waals surface area contributed by atoms with E-state index in [2.05, 4.69) is 12.1 Å². The smallest absolute Gasteiger partial charge is 0.153 e. The van der Waals surface area contributed by atoms with Gasteiger partial charge in [-0.2, -0.15) is 0 Å². The Morgan fingerprint density at radius 2 is 1.89 bits per heavy atom. The molecule has 0 unspecified atom stereocenters. The van der Waals surface area contributed by atoms with Crippen LogP contribution in [0.25, 0.3) is 11.1 Å². The van der Waals surface area contributed by atoms with Crippen molar-refractivity contribution in [3.05, 3.63) is 59.4 Å². The van der Waals surface area contributed by atoms with Gasteiger partial charge in [-0.15, -0.1) is 0 Å². The Balaban J connectivity index is 2.08. The first-order valence-electron chi connectivity index (χ1n) is 6.63. The summed E-state index contributed by atoms with van der Waals surface area (Å²) in [5.74, 6) is 0.154. The van der Waals surface area contributed by atoms with Crippen LogP contribution in [0, 0.1) is 5.82 Å². The normalized spacial score (nSPS) is 15.0. The lowest BCUT2D eigenvalue weighted by molar-refractivity contribution is 0.112. The highest BCUT2D eigenvalue weighted by atomic mass is 19.1. The van der Waals surface area contributed by atoms with E-state index in [0.717, 1.165) is 11.1 Å². The van der Waals surface area contributed by atoms with Gasteiger partial charge in [0.1, 0.15) is 5.82 Å². The molecule has 19 heavy (non-hydrogen) atoms. The summed E-state index contributed by atoms with van der Waals surface area (Å²) in [6.45, 7) is 0. The van der Waals surface area contributed by atoms with Gasteiger partial charge in [0.15, 0.2) is 6.29 Å². The molecule has 0 saturated heterocycles. The lowest BCUT2D eigenvalue weighted by atomic mass is 9.77. The minimum Gasteiger partial charge on any atom is -0.298 e. The van der Waals surface area contributed by atoms with E-state index in [9.17, 15) is 9.18 Å². The molecule has 2 aromatic carbocycles. The van der Waals surface area contributed by atoms with Gasteiger partial charge in [-0.05, 0) is 47.6 Å². The van der Waals surface area contributed by atoms with E-state index in [4.69, 9.17) is 0 Å².